The second kappa shape index (κ2) is 4.90. The highest BCUT2D eigenvalue weighted by molar-refractivity contribution is 7.79. The maximum Gasteiger partial charge on any atom is 0.342 e. The van der Waals surface area contributed by atoms with Gasteiger partial charge in [0.15, 0.2) is 11.1 Å². The Balaban J connectivity index is 2.52. The van der Waals surface area contributed by atoms with Crippen LogP contribution in [0, 0.1) is 17.0 Å². The van der Waals surface area contributed by atoms with Crippen LogP contribution in [0.4, 0.5) is 5.82 Å². The summed E-state index contributed by atoms with van der Waals surface area (Å²) < 4.78 is 27.1. The van der Waals surface area contributed by atoms with E-state index in [1.807, 2.05) is 0 Å². The van der Waals surface area contributed by atoms with Crippen LogP contribution in [-0.2, 0) is 18.1 Å². The molecule has 10 heteroatoms. The molecule has 2 rings (SSSR count). The highest BCUT2D eigenvalue weighted by Gasteiger charge is 2.34. The Morgan fingerprint density at radius 3 is 2.63 bits per heavy atom. The van der Waals surface area contributed by atoms with Crippen molar-refractivity contribution in [1.82, 2.24) is 14.5 Å². The molecule has 0 saturated heterocycles. The van der Waals surface area contributed by atoms with E-state index in [1.54, 1.807) is 6.92 Å². The fourth-order valence-electron chi connectivity index (χ4n) is 1.61. The van der Waals surface area contributed by atoms with Gasteiger partial charge in [0.1, 0.15) is 12.0 Å². The van der Waals surface area contributed by atoms with Gasteiger partial charge in [0, 0.05) is 0 Å². The molecule has 2 heterocycles. The number of imidazole rings is 1. The second-order valence-corrected chi connectivity index (χ2v) is 4.78. The van der Waals surface area contributed by atoms with E-state index >= 15 is 0 Å². The molecule has 0 amide bonds. The maximum atomic E-state index is 11.4. The zero-order chi connectivity index (χ0) is 14.2. The molecule has 102 valence electrons. The number of hydrogen-bond donors (Lipinski definition) is 1. The van der Waals surface area contributed by atoms with Gasteiger partial charge in [-0.3, -0.25) is 0 Å². The molecule has 1 N–H and O–H groups in total. The Morgan fingerprint density at radius 1 is 1.53 bits per heavy atom. The standard InChI is InChI=1S/C9H10N4O5S/c1-5-3-11-9(18-5)7(19(16)17)8-10-4-6(12(8)2)13(14)15/h3-4,7H,1-2H3,(H,16,17). The molecule has 0 aliphatic rings. The zero-order valence-corrected chi connectivity index (χ0v) is 10.8. The summed E-state index contributed by atoms with van der Waals surface area (Å²) in [6.07, 6.45) is 2.41. The Bertz CT molecular complexity index is 649. The molecule has 19 heavy (non-hydrogen) atoms. The van der Waals surface area contributed by atoms with Crippen LogP contribution in [0.5, 0.6) is 0 Å². The predicted molar refractivity (Wildman–Crippen MR) is 63.7 cm³/mol. The first-order chi connectivity index (χ1) is 8.91. The Kier molecular flexibility index (Phi) is 3.44. The van der Waals surface area contributed by atoms with E-state index in [0.717, 1.165) is 10.8 Å². The normalized spacial score (nSPS) is 14.3. The van der Waals surface area contributed by atoms with Crippen molar-refractivity contribution >= 4 is 16.9 Å². The van der Waals surface area contributed by atoms with Crippen molar-refractivity contribution in [3.8, 4) is 0 Å². The van der Waals surface area contributed by atoms with Crippen LogP contribution in [0.3, 0.4) is 0 Å². The van der Waals surface area contributed by atoms with Crippen molar-refractivity contribution in [2.75, 3.05) is 0 Å². The molecule has 0 spiro atoms. The van der Waals surface area contributed by atoms with Gasteiger partial charge in [-0.25, -0.2) is 18.7 Å². The minimum Gasteiger partial charge on any atom is -0.444 e. The molecule has 2 atom stereocenters. The van der Waals surface area contributed by atoms with Crippen molar-refractivity contribution < 1.29 is 18.1 Å². The van der Waals surface area contributed by atoms with Crippen molar-refractivity contribution in [3.05, 3.63) is 40.0 Å². The third-order valence-electron chi connectivity index (χ3n) is 2.49. The van der Waals surface area contributed by atoms with Gasteiger partial charge in [0.2, 0.25) is 17.0 Å². The molecular weight excluding hydrogens is 276 g/mol. The molecular formula is C9H10N4O5S. The molecule has 0 aliphatic carbocycles. The van der Waals surface area contributed by atoms with Crippen molar-refractivity contribution in [1.29, 1.82) is 0 Å². The minimum absolute atomic E-state index is 0.0121. The highest BCUT2D eigenvalue weighted by atomic mass is 32.2. The van der Waals surface area contributed by atoms with Gasteiger partial charge in [-0.05, 0) is 11.8 Å². The van der Waals surface area contributed by atoms with Gasteiger partial charge in [0.05, 0.1) is 13.2 Å². The van der Waals surface area contributed by atoms with Crippen LogP contribution in [0.15, 0.2) is 16.8 Å². The molecule has 0 aliphatic heterocycles. The molecule has 2 aromatic rings. The lowest BCUT2D eigenvalue weighted by atomic mass is 10.4. The molecule has 0 radical (unpaired) electrons. The van der Waals surface area contributed by atoms with Gasteiger partial charge in [-0.2, -0.15) is 0 Å². The Labute approximate surface area is 109 Å². The fraction of sp³-hybridized carbons (Fsp3) is 0.333. The summed E-state index contributed by atoms with van der Waals surface area (Å²) in [7, 11) is 1.39. The number of aromatic nitrogens is 3. The number of nitro groups is 1. The quantitative estimate of drug-likeness (QED) is 0.503. The highest BCUT2D eigenvalue weighted by Crippen LogP contribution is 2.28. The fourth-order valence-corrected chi connectivity index (χ4v) is 2.29. The zero-order valence-electron chi connectivity index (χ0n) is 10.0. The summed E-state index contributed by atoms with van der Waals surface area (Å²) in [5, 5.41) is 9.56. The molecule has 2 aromatic heterocycles. The van der Waals surface area contributed by atoms with Crippen LogP contribution in [0.2, 0.25) is 0 Å². The lowest BCUT2D eigenvalue weighted by Gasteiger charge is -2.06. The lowest BCUT2D eigenvalue weighted by Crippen LogP contribution is -2.14. The van der Waals surface area contributed by atoms with Gasteiger partial charge in [0.25, 0.3) is 0 Å². The average Bonchev–Trinajstić information content (AvgIpc) is 2.87. The summed E-state index contributed by atoms with van der Waals surface area (Å²) >= 11 is -2.36. The van der Waals surface area contributed by atoms with Gasteiger partial charge in [-0.1, -0.05) is 0 Å². The van der Waals surface area contributed by atoms with Gasteiger partial charge < -0.3 is 19.1 Å². The number of oxazole rings is 1. The smallest absolute Gasteiger partial charge is 0.342 e. The van der Waals surface area contributed by atoms with Crippen LogP contribution in [-0.4, -0.2) is 28.2 Å². The molecule has 0 saturated carbocycles. The van der Waals surface area contributed by atoms with Crippen LogP contribution in [0.1, 0.15) is 22.7 Å². The molecule has 0 aromatic carbocycles. The number of hydrogen-bond acceptors (Lipinski definition) is 6. The first-order valence-corrected chi connectivity index (χ1v) is 6.26. The van der Waals surface area contributed by atoms with E-state index in [2.05, 4.69) is 9.97 Å². The van der Waals surface area contributed by atoms with E-state index < -0.39 is 21.3 Å². The first kappa shape index (κ1) is 13.4. The van der Waals surface area contributed by atoms with Gasteiger partial charge >= 0.3 is 5.82 Å². The number of nitrogens with zero attached hydrogens (tertiary/aromatic N) is 4. The maximum absolute atomic E-state index is 11.4. The van der Waals surface area contributed by atoms with E-state index in [9.17, 15) is 18.9 Å². The lowest BCUT2D eigenvalue weighted by molar-refractivity contribution is -0.391. The Morgan fingerprint density at radius 2 is 2.21 bits per heavy atom. The molecule has 0 bridgehead atoms. The molecule has 0 fully saturated rings. The molecule has 9 nitrogen and oxygen atoms in total. The minimum atomic E-state index is -2.36. The summed E-state index contributed by atoms with van der Waals surface area (Å²) in [5.41, 5.74) is 0. The summed E-state index contributed by atoms with van der Waals surface area (Å²) in [6, 6.07) is 0. The van der Waals surface area contributed by atoms with E-state index in [0.29, 0.717) is 5.76 Å². The Hall–Kier alpha value is -2.07. The predicted octanol–water partition coefficient (Wildman–Crippen LogP) is 0.936. The van der Waals surface area contributed by atoms with E-state index in [-0.39, 0.29) is 17.5 Å². The van der Waals surface area contributed by atoms with E-state index in [1.165, 1.54) is 13.2 Å². The van der Waals surface area contributed by atoms with Gasteiger partial charge in [-0.15, -0.1) is 0 Å². The van der Waals surface area contributed by atoms with Crippen molar-refractivity contribution in [3.63, 3.8) is 0 Å². The summed E-state index contributed by atoms with van der Waals surface area (Å²) in [5.74, 6) is 0.208. The first-order valence-electron chi connectivity index (χ1n) is 5.09. The average molecular weight is 286 g/mol. The van der Waals surface area contributed by atoms with Crippen LogP contribution < -0.4 is 0 Å². The SMILES string of the molecule is Cc1cnc(C(c2ncc([N+](=O)[O-])n2C)S(=O)O)o1. The monoisotopic (exact) mass is 286 g/mol. The van der Waals surface area contributed by atoms with Crippen molar-refractivity contribution in [2.24, 2.45) is 7.05 Å². The third-order valence-corrected chi connectivity index (χ3v) is 3.30. The summed E-state index contributed by atoms with van der Waals surface area (Å²) in [6.45, 7) is 1.63. The van der Waals surface area contributed by atoms with Crippen molar-refractivity contribution in [2.45, 2.75) is 12.2 Å². The largest absolute Gasteiger partial charge is 0.444 e. The van der Waals surface area contributed by atoms with Crippen LogP contribution >= 0.6 is 0 Å². The summed E-state index contributed by atoms with van der Waals surface area (Å²) in [4.78, 5) is 17.8. The topological polar surface area (TPSA) is 124 Å². The second-order valence-electron chi connectivity index (χ2n) is 3.76. The third kappa shape index (κ3) is 2.39. The molecule has 2 unspecified atom stereocenters. The van der Waals surface area contributed by atoms with E-state index in [4.69, 9.17) is 4.42 Å². The number of rotatable bonds is 4. The van der Waals surface area contributed by atoms with Crippen LogP contribution in [0.25, 0.3) is 0 Å². The number of aryl methyl sites for hydroxylation is 1.